The van der Waals surface area contributed by atoms with Gasteiger partial charge in [-0.3, -0.25) is 5.43 Å². The highest BCUT2D eigenvalue weighted by atomic mass is 79.9. The van der Waals surface area contributed by atoms with Gasteiger partial charge in [0, 0.05) is 4.47 Å². The monoisotopic (exact) mass is 332 g/mol. The molecule has 0 aliphatic carbocycles. The van der Waals surface area contributed by atoms with E-state index in [2.05, 4.69) is 26.5 Å². The molecule has 102 valence electrons. The lowest BCUT2D eigenvalue weighted by atomic mass is 10.1. The summed E-state index contributed by atoms with van der Waals surface area (Å²) < 4.78 is 1.02. The van der Waals surface area contributed by atoms with Gasteiger partial charge in [-0.1, -0.05) is 28.1 Å². The molecule has 2 aromatic rings. The average Bonchev–Trinajstić information content (AvgIpc) is 2.46. The molecule has 2 aromatic carbocycles. The maximum Gasteiger partial charge on any atom is 0.335 e. The quantitative estimate of drug-likeness (QED) is 0.657. The van der Waals surface area contributed by atoms with Crippen LogP contribution in [0.1, 0.15) is 22.8 Å². The highest BCUT2D eigenvalue weighted by Gasteiger charge is 2.01. The molecular formula is C15H13BrN2O2. The maximum atomic E-state index is 10.7. The van der Waals surface area contributed by atoms with Gasteiger partial charge in [0.1, 0.15) is 0 Å². The lowest BCUT2D eigenvalue weighted by molar-refractivity contribution is 0.0697. The number of anilines is 1. The molecule has 0 saturated carbocycles. The number of carboxylic acid groups (broad SMARTS) is 1. The van der Waals surface area contributed by atoms with Crippen molar-refractivity contribution in [3.8, 4) is 0 Å². The minimum absolute atomic E-state index is 0.254. The van der Waals surface area contributed by atoms with Crippen molar-refractivity contribution in [1.29, 1.82) is 0 Å². The minimum Gasteiger partial charge on any atom is -0.478 e. The van der Waals surface area contributed by atoms with Gasteiger partial charge in [0.15, 0.2) is 0 Å². The first kappa shape index (κ1) is 14.3. The molecule has 0 unspecified atom stereocenters. The summed E-state index contributed by atoms with van der Waals surface area (Å²) >= 11 is 3.39. The van der Waals surface area contributed by atoms with Gasteiger partial charge in [-0.25, -0.2) is 4.79 Å². The first-order chi connectivity index (χ1) is 9.56. The predicted molar refractivity (Wildman–Crippen MR) is 83.4 cm³/mol. The van der Waals surface area contributed by atoms with Gasteiger partial charge in [0.25, 0.3) is 0 Å². The van der Waals surface area contributed by atoms with Crippen molar-refractivity contribution < 1.29 is 9.90 Å². The molecule has 2 rings (SSSR count). The van der Waals surface area contributed by atoms with Crippen molar-refractivity contribution >= 4 is 33.3 Å². The van der Waals surface area contributed by atoms with E-state index >= 15 is 0 Å². The highest BCUT2D eigenvalue weighted by molar-refractivity contribution is 9.10. The van der Waals surface area contributed by atoms with E-state index in [1.807, 2.05) is 31.2 Å². The second-order valence-electron chi connectivity index (χ2n) is 4.20. The Kier molecular flexibility index (Phi) is 4.53. The predicted octanol–water partition coefficient (Wildman–Crippen LogP) is 3.98. The minimum atomic E-state index is -0.939. The van der Waals surface area contributed by atoms with E-state index in [1.165, 1.54) is 12.1 Å². The third-order valence-corrected chi connectivity index (χ3v) is 3.28. The summed E-state index contributed by atoms with van der Waals surface area (Å²) in [5, 5.41) is 13.1. The molecule has 0 amide bonds. The van der Waals surface area contributed by atoms with E-state index in [-0.39, 0.29) is 5.56 Å². The summed E-state index contributed by atoms with van der Waals surface area (Å²) in [7, 11) is 0. The second-order valence-corrected chi connectivity index (χ2v) is 5.11. The SMILES string of the molecule is CC(=NNc1ccc(C(=O)O)cc1)c1ccc(Br)cc1. The Hall–Kier alpha value is -2.14. The van der Waals surface area contributed by atoms with Gasteiger partial charge in [-0.15, -0.1) is 0 Å². The molecule has 5 heteroatoms. The van der Waals surface area contributed by atoms with Crippen molar-refractivity contribution in [2.45, 2.75) is 6.92 Å². The van der Waals surface area contributed by atoms with Crippen LogP contribution in [0, 0.1) is 0 Å². The average molecular weight is 333 g/mol. The number of aromatic carboxylic acids is 1. The largest absolute Gasteiger partial charge is 0.478 e. The standard InChI is InChI=1S/C15H13BrN2O2/c1-10(11-2-6-13(16)7-3-11)17-18-14-8-4-12(5-9-14)15(19)20/h2-9,18H,1H3,(H,19,20). The Morgan fingerprint density at radius 1 is 1.05 bits per heavy atom. The van der Waals surface area contributed by atoms with Crippen LogP contribution in [0.25, 0.3) is 0 Å². The van der Waals surface area contributed by atoms with Gasteiger partial charge in [-0.05, 0) is 48.9 Å². The molecule has 0 atom stereocenters. The van der Waals surface area contributed by atoms with Gasteiger partial charge in [-0.2, -0.15) is 5.10 Å². The molecule has 0 aliphatic heterocycles. The summed E-state index contributed by atoms with van der Waals surface area (Å²) in [4.78, 5) is 10.7. The molecule has 0 spiro atoms. The zero-order valence-electron chi connectivity index (χ0n) is 10.8. The van der Waals surface area contributed by atoms with Crippen molar-refractivity contribution in [2.75, 3.05) is 5.43 Å². The number of hydrogen-bond acceptors (Lipinski definition) is 3. The summed E-state index contributed by atoms with van der Waals surface area (Å²) in [6.07, 6.45) is 0. The molecule has 0 heterocycles. The van der Waals surface area contributed by atoms with Crippen LogP contribution in [0.5, 0.6) is 0 Å². The van der Waals surface area contributed by atoms with Crippen molar-refractivity contribution in [1.82, 2.24) is 0 Å². The van der Waals surface area contributed by atoms with Crippen LogP contribution in [0.4, 0.5) is 5.69 Å². The van der Waals surface area contributed by atoms with Crippen LogP contribution in [0.2, 0.25) is 0 Å². The molecule has 0 fully saturated rings. The Morgan fingerprint density at radius 2 is 1.60 bits per heavy atom. The number of nitrogens with one attached hydrogen (secondary N) is 1. The van der Waals surface area contributed by atoms with Crippen LogP contribution in [0.3, 0.4) is 0 Å². The number of carboxylic acids is 1. The topological polar surface area (TPSA) is 61.7 Å². The third kappa shape index (κ3) is 3.68. The van der Waals surface area contributed by atoms with E-state index in [9.17, 15) is 4.79 Å². The summed E-state index contributed by atoms with van der Waals surface area (Å²) in [6.45, 7) is 1.90. The number of hydrogen-bond donors (Lipinski definition) is 2. The first-order valence-corrected chi connectivity index (χ1v) is 6.75. The Labute approximate surface area is 125 Å². The fourth-order valence-corrected chi connectivity index (χ4v) is 1.86. The van der Waals surface area contributed by atoms with Gasteiger partial charge in [0.05, 0.1) is 17.0 Å². The van der Waals surface area contributed by atoms with Crippen LogP contribution < -0.4 is 5.43 Å². The smallest absolute Gasteiger partial charge is 0.335 e. The third-order valence-electron chi connectivity index (χ3n) is 2.75. The van der Waals surface area contributed by atoms with Gasteiger partial charge in [0.2, 0.25) is 0 Å². The number of benzene rings is 2. The molecule has 0 aliphatic rings. The summed E-state index contributed by atoms with van der Waals surface area (Å²) in [5.41, 5.74) is 5.77. The van der Waals surface area contributed by atoms with E-state index in [0.29, 0.717) is 0 Å². The number of carbonyl (C=O) groups is 1. The molecule has 2 N–H and O–H groups in total. The fraction of sp³-hybridized carbons (Fsp3) is 0.0667. The zero-order chi connectivity index (χ0) is 14.5. The molecule has 0 saturated heterocycles. The summed E-state index contributed by atoms with van der Waals surface area (Å²) in [6, 6.07) is 14.3. The van der Waals surface area contributed by atoms with Crippen molar-refractivity contribution in [2.24, 2.45) is 5.10 Å². The van der Waals surface area contributed by atoms with Gasteiger partial charge < -0.3 is 5.11 Å². The van der Waals surface area contributed by atoms with Crippen LogP contribution in [0.15, 0.2) is 58.1 Å². The maximum absolute atomic E-state index is 10.7. The Morgan fingerprint density at radius 3 is 2.15 bits per heavy atom. The highest BCUT2D eigenvalue weighted by Crippen LogP contribution is 2.13. The molecule has 0 radical (unpaired) electrons. The lowest BCUT2D eigenvalue weighted by Gasteiger charge is -2.04. The number of nitrogens with zero attached hydrogens (tertiary/aromatic N) is 1. The Bertz CT molecular complexity index is 634. The van der Waals surface area contributed by atoms with E-state index in [1.54, 1.807) is 12.1 Å². The lowest BCUT2D eigenvalue weighted by Crippen LogP contribution is -2.00. The van der Waals surface area contributed by atoms with Crippen LogP contribution in [-0.4, -0.2) is 16.8 Å². The van der Waals surface area contributed by atoms with Crippen molar-refractivity contribution in [3.63, 3.8) is 0 Å². The molecule has 0 aromatic heterocycles. The number of halogens is 1. The molecular weight excluding hydrogens is 320 g/mol. The number of hydrazone groups is 1. The zero-order valence-corrected chi connectivity index (χ0v) is 12.4. The van der Waals surface area contributed by atoms with Crippen LogP contribution >= 0.6 is 15.9 Å². The molecule has 4 nitrogen and oxygen atoms in total. The molecule has 20 heavy (non-hydrogen) atoms. The Balaban J connectivity index is 2.08. The second kappa shape index (κ2) is 6.34. The fourth-order valence-electron chi connectivity index (χ4n) is 1.59. The summed E-state index contributed by atoms with van der Waals surface area (Å²) in [5.74, 6) is -0.939. The van der Waals surface area contributed by atoms with Crippen molar-refractivity contribution in [3.05, 3.63) is 64.1 Å². The van der Waals surface area contributed by atoms with E-state index in [4.69, 9.17) is 5.11 Å². The number of rotatable bonds is 4. The molecule has 0 bridgehead atoms. The van der Waals surface area contributed by atoms with E-state index < -0.39 is 5.97 Å². The van der Waals surface area contributed by atoms with Crippen LogP contribution in [-0.2, 0) is 0 Å². The first-order valence-electron chi connectivity index (χ1n) is 5.96. The normalized spacial score (nSPS) is 11.2. The van der Waals surface area contributed by atoms with Gasteiger partial charge >= 0.3 is 5.97 Å². The van der Waals surface area contributed by atoms with E-state index in [0.717, 1.165) is 21.4 Å².